The van der Waals surface area contributed by atoms with E-state index in [1.54, 1.807) is 0 Å². The molecule has 36 heavy (non-hydrogen) atoms. The Morgan fingerprint density at radius 2 is 1.81 bits per heavy atom. The average molecular weight is 484 g/mol. The van der Waals surface area contributed by atoms with Crippen molar-refractivity contribution in [1.82, 2.24) is 9.55 Å². The lowest BCUT2D eigenvalue weighted by atomic mass is 10.1. The maximum atomic E-state index is 13.1. The third-order valence-electron chi connectivity index (χ3n) is 6.89. The summed E-state index contributed by atoms with van der Waals surface area (Å²) in [4.78, 5) is 19.9. The number of aryl methyl sites for hydroxylation is 2. The molecule has 4 aromatic rings. The monoisotopic (exact) mass is 483 g/mol. The zero-order valence-electron chi connectivity index (χ0n) is 20.4. The van der Waals surface area contributed by atoms with Crippen molar-refractivity contribution in [3.8, 4) is 17.2 Å². The van der Waals surface area contributed by atoms with E-state index in [-0.39, 0.29) is 11.8 Å². The second-order valence-electron chi connectivity index (χ2n) is 9.31. The fraction of sp³-hybridized carbons (Fsp3) is 0.310. The highest BCUT2D eigenvalue weighted by atomic mass is 16.6. The number of rotatable bonds is 7. The predicted octanol–water partition coefficient (Wildman–Crippen LogP) is 5.11. The van der Waals surface area contributed by atoms with Crippen LogP contribution in [-0.4, -0.2) is 41.8 Å². The largest absolute Gasteiger partial charge is 0.493 e. The summed E-state index contributed by atoms with van der Waals surface area (Å²) in [5.74, 6) is 3.40. The van der Waals surface area contributed by atoms with Gasteiger partial charge in [0.2, 0.25) is 5.91 Å². The van der Waals surface area contributed by atoms with Gasteiger partial charge in [-0.15, -0.1) is 0 Å². The van der Waals surface area contributed by atoms with Gasteiger partial charge in [0.05, 0.1) is 17.6 Å². The Morgan fingerprint density at radius 1 is 1.00 bits per heavy atom. The lowest BCUT2D eigenvalue weighted by Crippen LogP contribution is -2.25. The molecule has 3 aromatic carbocycles. The van der Waals surface area contributed by atoms with Gasteiger partial charge in [-0.05, 0) is 49.2 Å². The van der Waals surface area contributed by atoms with Crippen LogP contribution in [-0.2, 0) is 11.3 Å². The molecule has 184 valence electrons. The van der Waals surface area contributed by atoms with Gasteiger partial charge in [0.25, 0.3) is 0 Å². The van der Waals surface area contributed by atoms with Crippen LogP contribution in [0.4, 0.5) is 5.69 Å². The number of carbonyl (C=O) groups excluding carboxylic acids is 1. The number of benzene rings is 3. The second kappa shape index (κ2) is 9.57. The minimum absolute atomic E-state index is 0.00962. The van der Waals surface area contributed by atoms with E-state index in [0.717, 1.165) is 52.6 Å². The molecule has 1 unspecified atom stereocenters. The van der Waals surface area contributed by atoms with E-state index < -0.39 is 0 Å². The number of amides is 1. The number of nitrogens with zero attached hydrogens (tertiary/aromatic N) is 3. The number of anilines is 1. The highest BCUT2D eigenvalue weighted by Crippen LogP contribution is 2.38. The molecule has 1 fully saturated rings. The number of imidazole rings is 1. The van der Waals surface area contributed by atoms with E-state index in [1.807, 2.05) is 59.5 Å². The molecule has 7 heteroatoms. The standard InChI is InChI=1S/C29H29N3O4/c1-20-7-2-5-10-25(20)34-14-6-13-31-24-9-4-3-8-23(24)30-29(31)21-17-28(33)32(19-21)22-11-12-26-27(18-22)36-16-15-35-26/h2-5,7-12,18,21H,6,13-17,19H2,1H3. The molecular formula is C29H29N3O4. The van der Waals surface area contributed by atoms with Crippen molar-refractivity contribution >= 4 is 22.6 Å². The molecule has 2 aliphatic heterocycles. The zero-order valence-corrected chi connectivity index (χ0v) is 20.4. The van der Waals surface area contributed by atoms with Crippen LogP contribution in [0.5, 0.6) is 17.2 Å². The molecule has 3 heterocycles. The van der Waals surface area contributed by atoms with Gasteiger partial charge in [-0.3, -0.25) is 4.79 Å². The van der Waals surface area contributed by atoms with Gasteiger partial charge in [0.15, 0.2) is 11.5 Å². The van der Waals surface area contributed by atoms with Gasteiger partial charge >= 0.3 is 0 Å². The van der Waals surface area contributed by atoms with Gasteiger partial charge in [-0.25, -0.2) is 4.98 Å². The Labute approximate surface area is 210 Å². The molecule has 0 spiro atoms. The summed E-state index contributed by atoms with van der Waals surface area (Å²) in [5, 5.41) is 0. The second-order valence-corrected chi connectivity index (χ2v) is 9.31. The van der Waals surface area contributed by atoms with E-state index in [1.165, 1.54) is 0 Å². The molecule has 1 amide bonds. The summed E-state index contributed by atoms with van der Waals surface area (Å²) >= 11 is 0. The number of hydrogen-bond acceptors (Lipinski definition) is 5. The summed E-state index contributed by atoms with van der Waals surface area (Å²) in [5.41, 5.74) is 4.02. The summed E-state index contributed by atoms with van der Waals surface area (Å²) in [6, 6.07) is 22.0. The van der Waals surface area contributed by atoms with E-state index >= 15 is 0 Å². The van der Waals surface area contributed by atoms with Crippen LogP contribution >= 0.6 is 0 Å². The maximum absolute atomic E-state index is 13.1. The smallest absolute Gasteiger partial charge is 0.227 e. The minimum atomic E-state index is 0.00962. The van der Waals surface area contributed by atoms with Gasteiger partial charge in [0, 0.05) is 37.2 Å². The highest BCUT2D eigenvalue weighted by molar-refractivity contribution is 5.97. The molecule has 0 N–H and O–H groups in total. The predicted molar refractivity (Wildman–Crippen MR) is 138 cm³/mol. The van der Waals surface area contributed by atoms with Crippen molar-refractivity contribution in [3.05, 3.63) is 78.1 Å². The Hall–Kier alpha value is -4.00. The number of fused-ring (bicyclic) bond motifs is 2. The molecule has 1 saturated heterocycles. The normalized spacial score (nSPS) is 17.1. The van der Waals surface area contributed by atoms with Crippen LogP contribution in [0.1, 0.15) is 30.1 Å². The first-order valence-electron chi connectivity index (χ1n) is 12.5. The van der Waals surface area contributed by atoms with Crippen molar-refractivity contribution in [3.63, 3.8) is 0 Å². The number of aromatic nitrogens is 2. The summed E-state index contributed by atoms with van der Waals surface area (Å²) in [6.07, 6.45) is 1.27. The van der Waals surface area contributed by atoms with E-state index in [4.69, 9.17) is 19.2 Å². The lowest BCUT2D eigenvalue weighted by molar-refractivity contribution is -0.117. The van der Waals surface area contributed by atoms with E-state index in [0.29, 0.717) is 38.5 Å². The Balaban J connectivity index is 1.21. The molecular weight excluding hydrogens is 454 g/mol. The number of hydrogen-bond donors (Lipinski definition) is 0. The van der Waals surface area contributed by atoms with Crippen LogP contribution in [0.2, 0.25) is 0 Å². The first-order valence-corrected chi connectivity index (χ1v) is 12.5. The molecule has 2 aliphatic rings. The third-order valence-corrected chi connectivity index (χ3v) is 6.89. The number of ether oxygens (including phenoxy) is 3. The molecule has 0 radical (unpaired) electrons. The fourth-order valence-electron chi connectivity index (χ4n) is 5.09. The van der Waals surface area contributed by atoms with Gasteiger partial charge in [0.1, 0.15) is 24.8 Å². The van der Waals surface area contributed by atoms with Crippen LogP contribution in [0.25, 0.3) is 11.0 Å². The Morgan fingerprint density at radius 3 is 2.69 bits per heavy atom. The average Bonchev–Trinajstić information content (AvgIpc) is 3.47. The van der Waals surface area contributed by atoms with E-state index in [9.17, 15) is 4.79 Å². The summed E-state index contributed by atoms with van der Waals surface area (Å²) in [6.45, 7) is 5.09. The molecule has 0 saturated carbocycles. The molecule has 7 nitrogen and oxygen atoms in total. The lowest BCUT2D eigenvalue weighted by Gasteiger charge is -2.22. The summed E-state index contributed by atoms with van der Waals surface area (Å²) < 4.78 is 19.7. The van der Waals surface area contributed by atoms with Gasteiger partial charge < -0.3 is 23.7 Å². The maximum Gasteiger partial charge on any atom is 0.227 e. The van der Waals surface area contributed by atoms with Crippen molar-refractivity contribution in [1.29, 1.82) is 0 Å². The van der Waals surface area contributed by atoms with Crippen LogP contribution < -0.4 is 19.1 Å². The number of carbonyl (C=O) groups is 1. The fourth-order valence-corrected chi connectivity index (χ4v) is 5.09. The zero-order chi connectivity index (χ0) is 24.5. The highest BCUT2D eigenvalue weighted by Gasteiger charge is 2.35. The first-order chi connectivity index (χ1) is 17.7. The third kappa shape index (κ3) is 4.26. The molecule has 1 atom stereocenters. The SMILES string of the molecule is Cc1ccccc1OCCCn1c(C2CC(=O)N(c3ccc4c(c3)OCCO4)C2)nc2ccccc21. The van der Waals surface area contributed by atoms with Crippen molar-refractivity contribution < 1.29 is 19.0 Å². The Kier molecular flexibility index (Phi) is 5.97. The number of para-hydroxylation sites is 3. The van der Waals surface area contributed by atoms with Crippen LogP contribution in [0.3, 0.4) is 0 Å². The molecule has 0 aliphatic carbocycles. The van der Waals surface area contributed by atoms with Gasteiger partial charge in [-0.1, -0.05) is 30.3 Å². The first kappa shape index (κ1) is 22.5. The van der Waals surface area contributed by atoms with Crippen LogP contribution in [0, 0.1) is 6.92 Å². The molecule has 1 aromatic heterocycles. The summed E-state index contributed by atoms with van der Waals surface area (Å²) in [7, 11) is 0. The quantitative estimate of drug-likeness (QED) is 0.342. The van der Waals surface area contributed by atoms with Crippen LogP contribution in [0.15, 0.2) is 66.7 Å². The molecule has 6 rings (SSSR count). The van der Waals surface area contributed by atoms with Crippen molar-refractivity contribution in [2.24, 2.45) is 0 Å². The van der Waals surface area contributed by atoms with Crippen molar-refractivity contribution in [2.75, 3.05) is 31.3 Å². The Bertz CT molecular complexity index is 1410. The van der Waals surface area contributed by atoms with Crippen molar-refractivity contribution in [2.45, 2.75) is 32.2 Å². The topological polar surface area (TPSA) is 65.8 Å². The molecule has 0 bridgehead atoms. The minimum Gasteiger partial charge on any atom is -0.493 e. The van der Waals surface area contributed by atoms with Gasteiger partial charge in [-0.2, -0.15) is 0 Å². The van der Waals surface area contributed by atoms with E-state index in [2.05, 4.69) is 23.6 Å².